The first-order valence-electron chi connectivity index (χ1n) is 10.1. The Morgan fingerprint density at radius 3 is 2.60 bits per heavy atom. The number of carbonyl (C=O) groups excluding carboxylic acids is 1. The number of primary amides is 1. The molecule has 0 saturated heterocycles. The molecule has 1 aromatic heterocycles. The summed E-state index contributed by atoms with van der Waals surface area (Å²) >= 11 is 0. The van der Waals surface area contributed by atoms with Gasteiger partial charge in [0, 0.05) is 38.4 Å². The van der Waals surface area contributed by atoms with Crippen LogP contribution in [-0.4, -0.2) is 43.2 Å². The van der Waals surface area contributed by atoms with Crippen LogP contribution in [0.2, 0.25) is 0 Å². The van der Waals surface area contributed by atoms with E-state index in [-0.39, 0.29) is 6.61 Å². The molecule has 0 atom stereocenters. The molecule has 1 amide bonds. The smallest absolute Gasteiger partial charge is 0.255 e. The van der Waals surface area contributed by atoms with Crippen LogP contribution in [0.1, 0.15) is 12.0 Å². The number of rotatable bonds is 10. The largest absolute Gasteiger partial charge is 0.484 e. The van der Waals surface area contributed by atoms with E-state index < -0.39 is 5.91 Å². The first-order chi connectivity index (χ1) is 14.7. The van der Waals surface area contributed by atoms with Gasteiger partial charge in [0.1, 0.15) is 5.75 Å². The van der Waals surface area contributed by atoms with E-state index in [2.05, 4.69) is 56.7 Å². The maximum Gasteiger partial charge on any atom is 0.255 e. The normalized spacial score (nSPS) is 11.4. The number of nitrogens with two attached hydrogens (primary N) is 1. The molecule has 0 spiro atoms. The maximum absolute atomic E-state index is 10.7. The second kappa shape index (κ2) is 10.9. The third-order valence-electron chi connectivity index (χ3n) is 4.78. The zero-order valence-corrected chi connectivity index (χ0v) is 17.3. The average Bonchev–Trinajstić information content (AvgIpc) is 3.18. The lowest BCUT2D eigenvalue weighted by Gasteiger charge is -2.12. The molecule has 0 fully saturated rings. The third kappa shape index (κ3) is 6.27. The SMILES string of the molecule is CN=C(NCCCn1ccc2ccccc21)NCCc1ccc(OCC(N)=O)cc1. The number of para-hydroxylation sites is 1. The number of guanidine groups is 1. The summed E-state index contributed by atoms with van der Waals surface area (Å²) in [7, 11) is 1.78. The Bertz CT molecular complexity index is 979. The summed E-state index contributed by atoms with van der Waals surface area (Å²) in [4.78, 5) is 15.0. The predicted molar refractivity (Wildman–Crippen MR) is 121 cm³/mol. The number of aromatic nitrogens is 1. The Balaban J connectivity index is 1.35. The number of nitrogens with one attached hydrogen (secondary N) is 2. The van der Waals surface area contributed by atoms with E-state index in [9.17, 15) is 4.79 Å². The number of ether oxygens (including phenoxy) is 1. The highest BCUT2D eigenvalue weighted by Gasteiger charge is 2.02. The van der Waals surface area contributed by atoms with E-state index in [1.54, 1.807) is 7.05 Å². The van der Waals surface area contributed by atoms with Crippen LogP contribution in [0, 0.1) is 0 Å². The first kappa shape index (κ1) is 21.2. The van der Waals surface area contributed by atoms with Crippen LogP contribution in [-0.2, 0) is 17.8 Å². The minimum Gasteiger partial charge on any atom is -0.484 e. The van der Waals surface area contributed by atoms with Crippen LogP contribution >= 0.6 is 0 Å². The standard InChI is InChI=1S/C23H29N5O2/c1-25-23(26-13-4-15-28-16-12-19-5-2-3-6-21(19)28)27-14-11-18-7-9-20(10-8-18)30-17-22(24)29/h2-3,5-10,12,16H,4,11,13-15,17H2,1H3,(H2,24,29)(H2,25,26,27). The fourth-order valence-electron chi connectivity index (χ4n) is 3.24. The van der Waals surface area contributed by atoms with Crippen LogP contribution in [0.15, 0.2) is 65.8 Å². The van der Waals surface area contributed by atoms with Gasteiger partial charge in [0.25, 0.3) is 5.91 Å². The van der Waals surface area contributed by atoms with Crippen LogP contribution in [0.4, 0.5) is 0 Å². The van der Waals surface area contributed by atoms with Gasteiger partial charge >= 0.3 is 0 Å². The maximum atomic E-state index is 10.7. The lowest BCUT2D eigenvalue weighted by Crippen LogP contribution is -2.38. The Morgan fingerprint density at radius 1 is 1.07 bits per heavy atom. The first-order valence-corrected chi connectivity index (χ1v) is 10.1. The zero-order chi connectivity index (χ0) is 21.2. The molecule has 7 nitrogen and oxygen atoms in total. The van der Waals surface area contributed by atoms with Crippen LogP contribution < -0.4 is 21.1 Å². The van der Waals surface area contributed by atoms with Gasteiger partial charge in [-0.1, -0.05) is 30.3 Å². The van der Waals surface area contributed by atoms with E-state index in [1.807, 2.05) is 24.3 Å². The van der Waals surface area contributed by atoms with Gasteiger partial charge in [-0.3, -0.25) is 9.79 Å². The molecule has 158 valence electrons. The highest BCUT2D eigenvalue weighted by atomic mass is 16.5. The summed E-state index contributed by atoms with van der Waals surface area (Å²) in [5, 5.41) is 7.97. The van der Waals surface area contributed by atoms with Crippen LogP contribution in [0.5, 0.6) is 5.75 Å². The molecular weight excluding hydrogens is 378 g/mol. The topological polar surface area (TPSA) is 93.7 Å². The number of amides is 1. The van der Waals surface area contributed by atoms with Gasteiger partial charge in [0.2, 0.25) is 0 Å². The van der Waals surface area contributed by atoms with Crippen molar-refractivity contribution < 1.29 is 9.53 Å². The van der Waals surface area contributed by atoms with Crippen molar-refractivity contribution in [1.29, 1.82) is 0 Å². The number of aryl methyl sites for hydroxylation is 1. The molecule has 0 aliphatic heterocycles. The van der Waals surface area contributed by atoms with E-state index in [1.165, 1.54) is 16.5 Å². The predicted octanol–water partition coefficient (Wildman–Crippen LogP) is 2.30. The second-order valence-electron chi connectivity index (χ2n) is 7.00. The van der Waals surface area contributed by atoms with Crippen LogP contribution in [0.3, 0.4) is 0 Å². The molecule has 1 heterocycles. The van der Waals surface area contributed by atoms with Gasteiger partial charge in [0.05, 0.1) is 0 Å². The highest BCUT2D eigenvalue weighted by Crippen LogP contribution is 2.15. The summed E-state index contributed by atoms with van der Waals surface area (Å²) in [5.41, 5.74) is 7.52. The van der Waals surface area contributed by atoms with Gasteiger partial charge in [0.15, 0.2) is 12.6 Å². The number of hydrogen-bond donors (Lipinski definition) is 3. The Hall–Kier alpha value is -3.48. The molecule has 0 saturated carbocycles. The van der Waals surface area contributed by atoms with Crippen molar-refractivity contribution in [3.63, 3.8) is 0 Å². The molecule has 0 bridgehead atoms. The van der Waals surface area contributed by atoms with Crippen molar-refractivity contribution in [2.45, 2.75) is 19.4 Å². The van der Waals surface area contributed by atoms with E-state index in [0.717, 1.165) is 38.4 Å². The molecule has 30 heavy (non-hydrogen) atoms. The second-order valence-corrected chi connectivity index (χ2v) is 7.00. The van der Waals surface area contributed by atoms with Gasteiger partial charge in [-0.25, -0.2) is 0 Å². The van der Waals surface area contributed by atoms with E-state index in [0.29, 0.717) is 5.75 Å². The summed E-state index contributed by atoms with van der Waals surface area (Å²) in [5.74, 6) is 0.955. The minimum absolute atomic E-state index is 0.108. The monoisotopic (exact) mass is 407 g/mol. The molecule has 4 N–H and O–H groups in total. The number of benzene rings is 2. The molecular formula is C23H29N5O2. The number of nitrogens with zero attached hydrogens (tertiary/aromatic N) is 2. The van der Waals surface area contributed by atoms with Gasteiger partial charge in [-0.15, -0.1) is 0 Å². The number of carbonyl (C=O) groups is 1. The lowest BCUT2D eigenvalue weighted by molar-refractivity contribution is -0.119. The quantitative estimate of drug-likeness (QED) is 0.273. The fraction of sp³-hybridized carbons (Fsp3) is 0.304. The average molecular weight is 408 g/mol. The summed E-state index contributed by atoms with van der Waals surface area (Å²) in [6, 6.07) is 18.2. The molecule has 2 aromatic carbocycles. The molecule has 0 aliphatic carbocycles. The van der Waals surface area contributed by atoms with Crippen molar-refractivity contribution in [3.05, 3.63) is 66.4 Å². The molecule has 7 heteroatoms. The summed E-state index contributed by atoms with van der Waals surface area (Å²) in [6.07, 6.45) is 4.00. The highest BCUT2D eigenvalue weighted by molar-refractivity contribution is 5.80. The molecule has 3 aromatic rings. The third-order valence-corrected chi connectivity index (χ3v) is 4.78. The Kier molecular flexibility index (Phi) is 7.71. The number of hydrogen-bond acceptors (Lipinski definition) is 3. The lowest BCUT2D eigenvalue weighted by atomic mass is 10.1. The summed E-state index contributed by atoms with van der Waals surface area (Å²) < 4.78 is 7.55. The van der Waals surface area contributed by atoms with Gasteiger partial charge in [-0.2, -0.15) is 0 Å². The van der Waals surface area contributed by atoms with Crippen molar-refractivity contribution in [2.24, 2.45) is 10.7 Å². The summed E-state index contributed by atoms with van der Waals surface area (Å²) in [6.45, 7) is 2.46. The van der Waals surface area contributed by atoms with Gasteiger partial charge < -0.3 is 25.7 Å². The molecule has 0 radical (unpaired) electrons. The van der Waals surface area contributed by atoms with Crippen molar-refractivity contribution in [3.8, 4) is 5.75 Å². The Morgan fingerprint density at radius 2 is 1.83 bits per heavy atom. The van der Waals surface area contributed by atoms with Gasteiger partial charge in [-0.05, 0) is 48.1 Å². The van der Waals surface area contributed by atoms with Crippen molar-refractivity contribution in [1.82, 2.24) is 15.2 Å². The van der Waals surface area contributed by atoms with E-state index in [4.69, 9.17) is 10.5 Å². The van der Waals surface area contributed by atoms with Crippen LogP contribution in [0.25, 0.3) is 10.9 Å². The molecule has 0 unspecified atom stereocenters. The zero-order valence-electron chi connectivity index (χ0n) is 17.3. The molecule has 3 rings (SSSR count). The minimum atomic E-state index is -0.483. The van der Waals surface area contributed by atoms with Crippen molar-refractivity contribution in [2.75, 3.05) is 26.7 Å². The van der Waals surface area contributed by atoms with Crippen molar-refractivity contribution >= 4 is 22.8 Å². The number of fused-ring (bicyclic) bond motifs is 1. The Labute approximate surface area is 176 Å². The molecule has 0 aliphatic rings. The van der Waals surface area contributed by atoms with E-state index >= 15 is 0 Å². The number of aliphatic imine (C=N–C) groups is 1. The fourth-order valence-corrected chi connectivity index (χ4v) is 3.24.